The van der Waals surface area contributed by atoms with Gasteiger partial charge in [0.25, 0.3) is 0 Å². The number of hydrogen-bond acceptors (Lipinski definition) is 4. The van der Waals surface area contributed by atoms with Crippen LogP contribution in [-0.4, -0.2) is 40.0 Å². The molecule has 0 aliphatic carbocycles. The van der Waals surface area contributed by atoms with Gasteiger partial charge in [-0.05, 0) is 45.9 Å². The van der Waals surface area contributed by atoms with Gasteiger partial charge in [-0.25, -0.2) is 9.48 Å². The highest BCUT2D eigenvalue weighted by Gasteiger charge is 2.39. The number of methoxy groups -OCH3 is 1. The molecule has 0 fully saturated rings. The van der Waals surface area contributed by atoms with Gasteiger partial charge in [-0.1, -0.05) is 42.5 Å². The maximum Gasteiger partial charge on any atom is 0.328 e. The van der Waals surface area contributed by atoms with E-state index < -0.39 is 6.23 Å². The minimum Gasteiger partial charge on any atom is -0.497 e. The highest BCUT2D eigenvalue weighted by Crippen LogP contribution is 2.38. The lowest BCUT2D eigenvalue weighted by atomic mass is 10.1. The quantitative estimate of drug-likeness (QED) is 0.540. The summed E-state index contributed by atoms with van der Waals surface area (Å²) >= 11 is 2.12. The number of halogens is 1. The third-order valence-corrected chi connectivity index (χ3v) is 5.80. The van der Waals surface area contributed by atoms with Crippen molar-refractivity contribution >= 4 is 34.4 Å². The standard InChI is InChI=1S/C21H21IN4O3/c1-24-20(27)17-18(22)23-26(13-14-6-4-3-5-7-14)19(17)25(21(24)28)12-15-8-10-16(29-2)11-9-15/h3-11,20,27H,12-13H2,1-2H3. The number of fused-ring (bicyclic) bond motifs is 1. The number of nitrogens with zero attached hydrogens (tertiary/aromatic N) is 4. The van der Waals surface area contributed by atoms with E-state index in [0.717, 1.165) is 16.9 Å². The summed E-state index contributed by atoms with van der Waals surface area (Å²) in [5.74, 6) is 1.39. The normalized spacial score (nSPS) is 16.1. The van der Waals surface area contributed by atoms with E-state index in [4.69, 9.17) is 4.74 Å². The predicted molar refractivity (Wildman–Crippen MR) is 118 cm³/mol. The lowest BCUT2D eigenvalue weighted by Gasteiger charge is -2.37. The van der Waals surface area contributed by atoms with Crippen molar-refractivity contribution in [3.8, 4) is 5.75 Å². The Labute approximate surface area is 182 Å². The maximum absolute atomic E-state index is 13.1. The maximum atomic E-state index is 13.1. The molecule has 1 unspecified atom stereocenters. The average Bonchev–Trinajstić information content (AvgIpc) is 3.06. The topological polar surface area (TPSA) is 70.8 Å². The summed E-state index contributed by atoms with van der Waals surface area (Å²) < 4.78 is 7.70. The van der Waals surface area contributed by atoms with Crippen molar-refractivity contribution < 1.29 is 14.6 Å². The monoisotopic (exact) mass is 504 g/mol. The summed E-state index contributed by atoms with van der Waals surface area (Å²) in [6.45, 7) is 0.873. The Hall–Kier alpha value is -2.59. The SMILES string of the molecule is COc1ccc(CN2C(=O)N(C)C(O)c3c(I)nn(Cc4ccccc4)c32)cc1. The number of amides is 2. The molecule has 2 heterocycles. The zero-order valence-corrected chi connectivity index (χ0v) is 18.3. The van der Waals surface area contributed by atoms with E-state index >= 15 is 0 Å². The molecule has 1 N–H and O–H groups in total. The molecule has 29 heavy (non-hydrogen) atoms. The molecule has 1 aliphatic rings. The Morgan fingerprint density at radius 1 is 1.07 bits per heavy atom. The fraction of sp³-hybridized carbons (Fsp3) is 0.238. The van der Waals surface area contributed by atoms with E-state index in [9.17, 15) is 9.90 Å². The molecular weight excluding hydrogens is 483 g/mol. The lowest BCUT2D eigenvalue weighted by Crippen LogP contribution is -2.48. The average molecular weight is 504 g/mol. The molecule has 7 nitrogen and oxygen atoms in total. The van der Waals surface area contributed by atoms with Gasteiger partial charge in [0.1, 0.15) is 15.3 Å². The van der Waals surface area contributed by atoms with Gasteiger partial charge in [0.05, 0.1) is 25.8 Å². The molecule has 8 heteroatoms. The van der Waals surface area contributed by atoms with Crippen molar-refractivity contribution in [2.75, 3.05) is 19.1 Å². The Bertz CT molecular complexity index is 1020. The van der Waals surface area contributed by atoms with Crippen LogP contribution in [0.4, 0.5) is 10.6 Å². The van der Waals surface area contributed by atoms with Gasteiger partial charge in [0.2, 0.25) is 0 Å². The fourth-order valence-corrected chi connectivity index (χ4v) is 4.23. The highest BCUT2D eigenvalue weighted by atomic mass is 127. The molecule has 0 radical (unpaired) electrons. The molecule has 2 aromatic carbocycles. The molecule has 4 rings (SSSR count). The zero-order valence-electron chi connectivity index (χ0n) is 16.1. The summed E-state index contributed by atoms with van der Waals surface area (Å²) in [6.07, 6.45) is -1.03. The third-order valence-electron chi connectivity index (χ3n) is 5.00. The van der Waals surface area contributed by atoms with E-state index in [1.54, 1.807) is 23.7 Å². The molecule has 150 valence electrons. The van der Waals surface area contributed by atoms with E-state index in [1.807, 2.05) is 54.6 Å². The van der Waals surface area contributed by atoms with Crippen LogP contribution in [0.2, 0.25) is 0 Å². The second-order valence-corrected chi connectivity index (χ2v) is 7.89. The number of benzene rings is 2. The van der Waals surface area contributed by atoms with Gasteiger partial charge < -0.3 is 9.84 Å². The number of aliphatic hydroxyl groups excluding tert-OH is 1. The number of aromatic nitrogens is 2. The smallest absolute Gasteiger partial charge is 0.328 e. The molecule has 0 saturated heterocycles. The minimum absolute atomic E-state index is 0.272. The van der Waals surface area contributed by atoms with Crippen LogP contribution in [0, 0.1) is 3.70 Å². The van der Waals surface area contributed by atoms with Crippen LogP contribution in [-0.2, 0) is 13.1 Å². The second-order valence-electron chi connectivity index (χ2n) is 6.87. The van der Waals surface area contributed by atoms with Crippen LogP contribution in [0.3, 0.4) is 0 Å². The van der Waals surface area contributed by atoms with Crippen LogP contribution in [0.25, 0.3) is 0 Å². The van der Waals surface area contributed by atoms with E-state index in [1.165, 1.54) is 4.90 Å². The Morgan fingerprint density at radius 3 is 2.38 bits per heavy atom. The largest absolute Gasteiger partial charge is 0.497 e. The summed E-state index contributed by atoms with van der Waals surface area (Å²) in [4.78, 5) is 16.1. The number of carbonyl (C=O) groups excluding carboxylic acids is 1. The predicted octanol–water partition coefficient (Wildman–Crippen LogP) is 3.61. The van der Waals surface area contributed by atoms with Crippen LogP contribution in [0.15, 0.2) is 54.6 Å². The van der Waals surface area contributed by atoms with Gasteiger partial charge in [-0.2, -0.15) is 5.10 Å². The van der Waals surface area contributed by atoms with Crippen molar-refractivity contribution in [1.29, 1.82) is 0 Å². The fourth-order valence-electron chi connectivity index (χ4n) is 3.45. The van der Waals surface area contributed by atoms with Crippen molar-refractivity contribution in [2.45, 2.75) is 19.3 Å². The summed E-state index contributed by atoms with van der Waals surface area (Å²) in [5, 5.41) is 15.3. The van der Waals surface area contributed by atoms with Gasteiger partial charge in [-0.15, -0.1) is 0 Å². The minimum atomic E-state index is -1.03. The molecule has 0 bridgehead atoms. The number of anilines is 1. The van der Waals surface area contributed by atoms with Gasteiger partial charge >= 0.3 is 6.03 Å². The van der Waals surface area contributed by atoms with Crippen LogP contribution in [0.5, 0.6) is 5.75 Å². The second kappa shape index (κ2) is 8.03. The molecular formula is C21H21IN4O3. The van der Waals surface area contributed by atoms with Crippen LogP contribution < -0.4 is 9.64 Å². The number of urea groups is 1. The molecule has 2 amide bonds. The molecule has 1 atom stereocenters. The number of aliphatic hydroxyl groups is 1. The Balaban J connectivity index is 1.76. The van der Waals surface area contributed by atoms with Crippen LogP contribution in [0.1, 0.15) is 22.9 Å². The first-order valence-electron chi connectivity index (χ1n) is 9.15. The molecule has 0 spiro atoms. The van der Waals surface area contributed by atoms with E-state index in [-0.39, 0.29) is 6.03 Å². The van der Waals surface area contributed by atoms with Crippen molar-refractivity contribution in [3.63, 3.8) is 0 Å². The first-order valence-corrected chi connectivity index (χ1v) is 10.2. The number of hydrogen-bond donors (Lipinski definition) is 1. The number of carbonyl (C=O) groups is 1. The molecule has 3 aromatic rings. The highest BCUT2D eigenvalue weighted by molar-refractivity contribution is 14.1. The van der Waals surface area contributed by atoms with E-state index in [0.29, 0.717) is 28.2 Å². The summed E-state index contributed by atoms with van der Waals surface area (Å²) in [6, 6.07) is 17.3. The van der Waals surface area contributed by atoms with Crippen molar-refractivity contribution in [2.24, 2.45) is 0 Å². The number of ether oxygens (including phenoxy) is 1. The lowest BCUT2D eigenvalue weighted by molar-refractivity contribution is 0.0426. The van der Waals surface area contributed by atoms with Gasteiger partial charge in [-0.3, -0.25) is 9.80 Å². The van der Waals surface area contributed by atoms with E-state index in [2.05, 4.69) is 27.7 Å². The summed E-state index contributed by atoms with van der Waals surface area (Å²) in [5.41, 5.74) is 2.67. The Kier molecular flexibility index (Phi) is 5.46. The Morgan fingerprint density at radius 2 is 1.72 bits per heavy atom. The van der Waals surface area contributed by atoms with Gasteiger partial charge in [0.15, 0.2) is 6.23 Å². The van der Waals surface area contributed by atoms with Gasteiger partial charge in [0, 0.05) is 7.05 Å². The molecule has 0 saturated carbocycles. The third kappa shape index (κ3) is 3.69. The summed E-state index contributed by atoms with van der Waals surface area (Å²) in [7, 11) is 3.22. The molecule has 1 aliphatic heterocycles. The first kappa shape index (κ1) is 19.7. The number of rotatable bonds is 5. The van der Waals surface area contributed by atoms with Crippen molar-refractivity contribution in [1.82, 2.24) is 14.7 Å². The van der Waals surface area contributed by atoms with Crippen LogP contribution >= 0.6 is 22.6 Å². The molecule has 1 aromatic heterocycles. The van der Waals surface area contributed by atoms with Crippen molar-refractivity contribution in [3.05, 3.63) is 75.0 Å². The zero-order chi connectivity index (χ0) is 20.5. The first-order chi connectivity index (χ1) is 14.0.